The predicted molar refractivity (Wildman–Crippen MR) is 76.5 cm³/mol. The highest BCUT2D eigenvalue weighted by molar-refractivity contribution is 5.76. The van der Waals surface area contributed by atoms with E-state index in [1.165, 1.54) is 0 Å². The summed E-state index contributed by atoms with van der Waals surface area (Å²) in [5.74, 6) is -0.777. The maximum atomic E-state index is 10.7. The van der Waals surface area contributed by atoms with Crippen LogP contribution in [-0.2, 0) is 11.2 Å². The number of carbonyl (C=O) groups is 1. The predicted octanol–water partition coefficient (Wildman–Crippen LogP) is 2.14. The largest absolute Gasteiger partial charge is 0.506 e. The van der Waals surface area contributed by atoms with E-state index in [1.54, 1.807) is 22.9 Å². The number of carboxylic acid groups (broad SMARTS) is 1. The Morgan fingerprint density at radius 1 is 1.19 bits per heavy atom. The maximum absolute atomic E-state index is 10.7. The van der Waals surface area contributed by atoms with Crippen LogP contribution >= 0.6 is 0 Å². The van der Waals surface area contributed by atoms with Gasteiger partial charge in [0.25, 0.3) is 0 Å². The molecular weight excluding hydrogens is 270 g/mol. The van der Waals surface area contributed by atoms with Crippen LogP contribution in [0.1, 0.15) is 12.0 Å². The molecule has 21 heavy (non-hydrogen) atoms. The summed E-state index contributed by atoms with van der Waals surface area (Å²) in [6.07, 6.45) is 0.442. The van der Waals surface area contributed by atoms with Gasteiger partial charge in [-0.25, -0.2) is 4.68 Å². The van der Waals surface area contributed by atoms with Crippen molar-refractivity contribution in [3.05, 3.63) is 48.0 Å². The van der Waals surface area contributed by atoms with Gasteiger partial charge in [0.05, 0.1) is 5.52 Å². The van der Waals surface area contributed by atoms with Crippen molar-refractivity contribution in [2.24, 2.45) is 0 Å². The second-order valence-electron chi connectivity index (χ2n) is 4.71. The summed E-state index contributed by atoms with van der Waals surface area (Å²) < 4.78 is 1.55. The minimum atomic E-state index is -0.851. The first-order valence-electron chi connectivity index (χ1n) is 6.49. The van der Waals surface area contributed by atoms with Crippen molar-refractivity contribution in [3.63, 3.8) is 0 Å². The van der Waals surface area contributed by atoms with Crippen molar-refractivity contribution in [1.29, 1.82) is 0 Å². The summed E-state index contributed by atoms with van der Waals surface area (Å²) in [6, 6.07) is 12.4. The number of aromatic hydroxyl groups is 1. The number of rotatable bonds is 4. The van der Waals surface area contributed by atoms with Gasteiger partial charge < -0.3 is 10.2 Å². The number of phenolic OH excluding ortho intramolecular Hbond substituents is 1. The van der Waals surface area contributed by atoms with Crippen molar-refractivity contribution in [2.45, 2.75) is 12.8 Å². The van der Waals surface area contributed by atoms with E-state index in [1.807, 2.05) is 24.3 Å². The van der Waals surface area contributed by atoms with Crippen molar-refractivity contribution in [2.75, 3.05) is 0 Å². The molecule has 0 radical (unpaired) electrons. The molecule has 0 aliphatic rings. The molecule has 0 unspecified atom stereocenters. The smallest absolute Gasteiger partial charge is 0.303 e. The molecule has 3 aromatic rings. The van der Waals surface area contributed by atoms with Gasteiger partial charge in [-0.05, 0) is 36.2 Å². The van der Waals surface area contributed by atoms with Gasteiger partial charge in [-0.15, -0.1) is 5.10 Å². The molecule has 3 rings (SSSR count). The second-order valence-corrected chi connectivity index (χ2v) is 4.71. The summed E-state index contributed by atoms with van der Waals surface area (Å²) in [5.41, 5.74) is 2.83. The SMILES string of the molecule is O=C(O)CCc1ccc(O)c(-n2nnc3ccccc32)c1. The van der Waals surface area contributed by atoms with E-state index in [0.29, 0.717) is 12.1 Å². The number of nitrogens with zero attached hydrogens (tertiary/aromatic N) is 3. The number of benzene rings is 2. The lowest BCUT2D eigenvalue weighted by Crippen LogP contribution is -2.01. The lowest BCUT2D eigenvalue weighted by molar-refractivity contribution is -0.136. The lowest BCUT2D eigenvalue weighted by atomic mass is 10.1. The fraction of sp³-hybridized carbons (Fsp3) is 0.133. The zero-order valence-corrected chi connectivity index (χ0v) is 11.1. The standard InChI is InChI=1S/C15H13N3O3/c19-14-7-5-10(6-8-15(20)21)9-13(14)18-12-4-2-1-3-11(12)16-17-18/h1-5,7,9,19H,6,8H2,(H,20,21). The zero-order chi connectivity index (χ0) is 14.8. The third kappa shape index (κ3) is 2.55. The number of hydrogen-bond acceptors (Lipinski definition) is 4. The molecule has 2 aromatic carbocycles. The molecule has 0 aliphatic carbocycles. The van der Waals surface area contributed by atoms with Gasteiger partial charge in [-0.1, -0.05) is 23.4 Å². The number of carboxylic acids is 1. The average Bonchev–Trinajstić information content (AvgIpc) is 2.90. The van der Waals surface area contributed by atoms with Gasteiger partial charge in [-0.3, -0.25) is 4.79 Å². The van der Waals surface area contributed by atoms with Gasteiger partial charge in [0.1, 0.15) is 17.0 Å². The van der Waals surface area contributed by atoms with Crippen LogP contribution in [0.3, 0.4) is 0 Å². The molecule has 1 heterocycles. The molecule has 0 saturated carbocycles. The molecule has 0 fully saturated rings. The van der Waals surface area contributed by atoms with Crippen molar-refractivity contribution in [1.82, 2.24) is 15.0 Å². The number of aryl methyl sites for hydroxylation is 1. The van der Waals surface area contributed by atoms with E-state index in [4.69, 9.17) is 5.11 Å². The van der Waals surface area contributed by atoms with E-state index < -0.39 is 5.97 Å². The minimum absolute atomic E-state index is 0.0440. The highest BCUT2D eigenvalue weighted by Gasteiger charge is 2.11. The van der Waals surface area contributed by atoms with Crippen LogP contribution in [0.15, 0.2) is 42.5 Å². The third-order valence-corrected chi connectivity index (χ3v) is 3.25. The number of para-hydroxylation sites is 1. The van der Waals surface area contributed by atoms with Crippen LogP contribution in [0.2, 0.25) is 0 Å². The molecule has 0 amide bonds. The Morgan fingerprint density at radius 3 is 2.81 bits per heavy atom. The van der Waals surface area contributed by atoms with E-state index in [2.05, 4.69) is 10.3 Å². The van der Waals surface area contributed by atoms with Crippen LogP contribution in [-0.4, -0.2) is 31.2 Å². The number of aliphatic carboxylic acids is 1. The normalized spacial score (nSPS) is 10.9. The van der Waals surface area contributed by atoms with Crippen molar-refractivity contribution < 1.29 is 15.0 Å². The topological polar surface area (TPSA) is 88.2 Å². The van der Waals surface area contributed by atoms with Crippen LogP contribution in [0, 0.1) is 0 Å². The Bertz CT molecular complexity index is 811. The van der Waals surface area contributed by atoms with Crippen LogP contribution in [0.5, 0.6) is 5.75 Å². The Labute approximate surface area is 120 Å². The quantitative estimate of drug-likeness (QED) is 0.766. The summed E-state index contributed by atoms with van der Waals surface area (Å²) in [6.45, 7) is 0. The molecule has 0 aliphatic heterocycles. The molecule has 1 aromatic heterocycles. The molecule has 2 N–H and O–H groups in total. The summed E-state index contributed by atoms with van der Waals surface area (Å²) in [4.78, 5) is 10.7. The third-order valence-electron chi connectivity index (χ3n) is 3.25. The highest BCUT2D eigenvalue weighted by Crippen LogP contribution is 2.25. The molecule has 0 spiro atoms. The maximum Gasteiger partial charge on any atom is 0.303 e. The zero-order valence-electron chi connectivity index (χ0n) is 11.1. The van der Waals surface area contributed by atoms with Gasteiger partial charge >= 0.3 is 5.97 Å². The monoisotopic (exact) mass is 283 g/mol. The van der Waals surface area contributed by atoms with Gasteiger partial charge in [0.15, 0.2) is 0 Å². The summed E-state index contributed by atoms with van der Waals surface area (Å²) in [7, 11) is 0. The Kier molecular flexibility index (Phi) is 3.27. The number of phenols is 1. The molecular formula is C15H13N3O3. The average molecular weight is 283 g/mol. The van der Waals surface area contributed by atoms with Crippen molar-refractivity contribution in [3.8, 4) is 11.4 Å². The van der Waals surface area contributed by atoms with Crippen LogP contribution < -0.4 is 0 Å². The first-order chi connectivity index (χ1) is 10.1. The van der Waals surface area contributed by atoms with Crippen LogP contribution in [0.25, 0.3) is 16.7 Å². The first-order valence-corrected chi connectivity index (χ1v) is 6.49. The first kappa shape index (κ1) is 13.1. The van der Waals surface area contributed by atoms with Gasteiger partial charge in [0.2, 0.25) is 0 Å². The van der Waals surface area contributed by atoms with Crippen LogP contribution in [0.4, 0.5) is 0 Å². The van der Waals surface area contributed by atoms with E-state index in [0.717, 1.165) is 16.6 Å². The Balaban J connectivity index is 2.04. The number of fused-ring (bicyclic) bond motifs is 1. The fourth-order valence-corrected chi connectivity index (χ4v) is 2.19. The number of aromatic nitrogens is 3. The molecule has 6 heteroatoms. The second kappa shape index (κ2) is 5.24. The molecule has 0 atom stereocenters. The summed E-state index contributed by atoms with van der Waals surface area (Å²) >= 11 is 0. The van der Waals surface area contributed by atoms with E-state index in [-0.39, 0.29) is 12.2 Å². The molecule has 6 nitrogen and oxygen atoms in total. The van der Waals surface area contributed by atoms with Crippen molar-refractivity contribution >= 4 is 17.0 Å². The fourth-order valence-electron chi connectivity index (χ4n) is 2.19. The van der Waals surface area contributed by atoms with Gasteiger partial charge in [0, 0.05) is 6.42 Å². The molecule has 0 saturated heterocycles. The van der Waals surface area contributed by atoms with Gasteiger partial charge in [-0.2, -0.15) is 0 Å². The molecule has 106 valence electrons. The van der Waals surface area contributed by atoms with E-state index >= 15 is 0 Å². The highest BCUT2D eigenvalue weighted by atomic mass is 16.4. The molecule has 0 bridgehead atoms. The number of hydrogen-bond donors (Lipinski definition) is 2. The Morgan fingerprint density at radius 2 is 2.00 bits per heavy atom. The summed E-state index contributed by atoms with van der Waals surface area (Å²) in [5, 5.41) is 26.9. The lowest BCUT2D eigenvalue weighted by Gasteiger charge is -2.07. The Hall–Kier alpha value is -2.89. The van der Waals surface area contributed by atoms with E-state index in [9.17, 15) is 9.90 Å². The minimum Gasteiger partial charge on any atom is -0.506 e.